The molecule has 0 saturated heterocycles. The summed E-state index contributed by atoms with van der Waals surface area (Å²) in [4.78, 5) is 0. The molecule has 0 saturated carbocycles. The van der Waals surface area contributed by atoms with Gasteiger partial charge in [0, 0.05) is 137 Å². The van der Waals surface area contributed by atoms with Crippen molar-refractivity contribution in [3.05, 3.63) is 0 Å². The molecule has 0 amide bonds. The highest BCUT2D eigenvalue weighted by Gasteiger charge is 2.29. The Morgan fingerprint density at radius 3 is 0.626 bits per heavy atom. The lowest BCUT2D eigenvalue weighted by Gasteiger charge is -2.23. The molecular formula is C63H147B7O21. The van der Waals surface area contributed by atoms with Gasteiger partial charge < -0.3 is 97.7 Å². The fraction of sp³-hybridized carbons (Fsp3) is 1.00. The van der Waals surface area contributed by atoms with Gasteiger partial charge in [0.2, 0.25) is 0 Å². The summed E-state index contributed by atoms with van der Waals surface area (Å²) < 4.78 is 112. The highest BCUT2D eigenvalue weighted by Crippen LogP contribution is 2.11. The van der Waals surface area contributed by atoms with Crippen LogP contribution in [0.25, 0.3) is 0 Å². The van der Waals surface area contributed by atoms with Crippen molar-refractivity contribution in [2.75, 3.05) is 101 Å². The van der Waals surface area contributed by atoms with Gasteiger partial charge in [0.1, 0.15) is 0 Å². The molecule has 0 aliphatic rings. The second kappa shape index (κ2) is 82.0. The number of hydrogen-bond acceptors (Lipinski definition) is 21. The predicted molar refractivity (Wildman–Crippen MR) is 381 cm³/mol. The first-order chi connectivity index (χ1) is 43.2. The Labute approximate surface area is 565 Å². The summed E-state index contributed by atoms with van der Waals surface area (Å²) in [6, 6.07) is 0. The first-order valence-electron chi connectivity index (χ1n) is 35.1. The van der Waals surface area contributed by atoms with E-state index in [4.69, 9.17) is 83.8 Å². The normalized spacial score (nSPS) is 11.9. The molecule has 0 heterocycles. The molecule has 0 aromatic rings. The first kappa shape index (κ1) is 104. The van der Waals surface area contributed by atoms with Crippen molar-refractivity contribution >= 4 is 51.2 Å². The Morgan fingerprint density at radius 2 is 0.451 bits per heavy atom. The molecule has 0 aromatic carbocycles. The highest BCUT2D eigenvalue weighted by molar-refractivity contribution is 6.38. The fourth-order valence-electron chi connectivity index (χ4n) is 5.42. The van der Waals surface area contributed by atoms with E-state index in [0.717, 1.165) is 96.9 Å². The Morgan fingerprint density at radius 1 is 0.231 bits per heavy atom. The Hall–Kier alpha value is -0.385. The third kappa shape index (κ3) is 91.7. The lowest BCUT2D eigenvalue weighted by molar-refractivity contribution is 0.0180. The molecule has 0 rings (SSSR count). The van der Waals surface area contributed by atoms with Crippen molar-refractivity contribution in [1.82, 2.24) is 0 Å². The van der Waals surface area contributed by atoms with Crippen LogP contribution in [-0.4, -0.2) is 188 Å². The van der Waals surface area contributed by atoms with E-state index in [9.17, 15) is 0 Å². The molecule has 0 fully saturated rings. The van der Waals surface area contributed by atoms with E-state index in [1.54, 1.807) is 0 Å². The minimum Gasteiger partial charge on any atom is -0.389 e. The summed E-state index contributed by atoms with van der Waals surface area (Å²) >= 11 is 0. The topological polar surface area (TPSA) is 194 Å². The maximum atomic E-state index is 5.70. The Kier molecular flexibility index (Phi) is 93.8. The quantitative estimate of drug-likeness (QED) is 0.0412. The maximum Gasteiger partial charge on any atom is 0.639 e. The van der Waals surface area contributed by atoms with Crippen LogP contribution in [0.5, 0.6) is 0 Å². The zero-order valence-corrected chi connectivity index (χ0v) is 64.8. The van der Waals surface area contributed by atoms with Crippen molar-refractivity contribution in [3.8, 4) is 0 Å². The average Bonchev–Trinajstić information content (AvgIpc) is 3.72. The van der Waals surface area contributed by atoms with Crippen molar-refractivity contribution in [2.24, 2.45) is 17.8 Å². The van der Waals surface area contributed by atoms with Crippen LogP contribution in [0, 0.1) is 17.8 Å². The van der Waals surface area contributed by atoms with Crippen LogP contribution in [0.4, 0.5) is 0 Å². The molecule has 0 bridgehead atoms. The molecule has 91 heavy (non-hydrogen) atoms. The molecule has 0 N–H and O–H groups in total. The van der Waals surface area contributed by atoms with Crippen LogP contribution in [0.2, 0.25) is 0 Å². The second-order valence-corrected chi connectivity index (χ2v) is 23.2. The van der Waals surface area contributed by atoms with Crippen LogP contribution in [0.15, 0.2) is 0 Å². The van der Waals surface area contributed by atoms with E-state index in [2.05, 4.69) is 118 Å². The van der Waals surface area contributed by atoms with Gasteiger partial charge in [-0.2, -0.15) is 0 Å². The van der Waals surface area contributed by atoms with Crippen LogP contribution in [-0.2, 0) is 97.7 Å². The summed E-state index contributed by atoms with van der Waals surface area (Å²) in [5.41, 5.74) is 0. The zero-order chi connectivity index (χ0) is 71.1. The molecule has 0 aliphatic heterocycles. The highest BCUT2D eigenvalue weighted by atomic mass is 16.8. The Balaban J connectivity index is -0.000000183. The van der Waals surface area contributed by atoms with Crippen molar-refractivity contribution in [2.45, 2.75) is 301 Å². The molecule has 0 radical (unpaired) electrons. The number of hydrogen-bond donors (Lipinski definition) is 0. The van der Waals surface area contributed by atoms with E-state index in [1.165, 1.54) is 21.3 Å². The van der Waals surface area contributed by atoms with E-state index in [0.29, 0.717) is 77.2 Å². The minimum absolute atomic E-state index is 0.113. The standard InChI is InChI=1S/3C12H27BO3.2C9H21BO3.C6H15BO3.C3H9BO3/c1-10(2)7-14-13(15-8-11(3)4)16-9-12(5)6;1-7-10(4)14-13(15-11(5)8-2)16-12(6)9-3;1-4-7-10-14-13(15-11-8-5-2)16-12-9-6-3;1-7(2)11-10(12-8(3)4)13-9(5)6;1-4-7-11-10(12-8-5-2)13-9-6-3;1-4-8-7(9-5-2)10-6-3;1-5-4(6-2)7-3/h2*10-12H,7-9H2,1-6H3;4-12H2,1-3H3;7-9H,1-6H3;4-9H2,1-3H3;4-6H2,1-3H3;1-3H3. The molecule has 3 atom stereocenters. The van der Waals surface area contributed by atoms with Gasteiger partial charge in [-0.25, -0.2) is 0 Å². The van der Waals surface area contributed by atoms with Crippen LogP contribution >= 0.6 is 0 Å². The van der Waals surface area contributed by atoms with E-state index >= 15 is 0 Å². The minimum atomic E-state index is -0.542. The van der Waals surface area contributed by atoms with Gasteiger partial charge in [-0.15, -0.1) is 0 Å². The molecule has 0 aliphatic carbocycles. The molecule has 546 valence electrons. The van der Waals surface area contributed by atoms with Gasteiger partial charge in [0.05, 0.1) is 0 Å². The smallest absolute Gasteiger partial charge is 0.389 e. The van der Waals surface area contributed by atoms with Crippen molar-refractivity contribution < 1.29 is 97.7 Å². The summed E-state index contributed by atoms with van der Waals surface area (Å²) in [5, 5.41) is 0. The van der Waals surface area contributed by atoms with Crippen molar-refractivity contribution in [3.63, 3.8) is 0 Å². The fourth-order valence-corrected chi connectivity index (χ4v) is 5.42. The molecule has 28 heteroatoms. The SMILES string of the molecule is CC(C)COB(OCC(C)C)OCC(C)C.CC(C)OB(OC(C)C)OC(C)C.CCC(C)OB(OC(C)CC)OC(C)CC.CCCCOB(OCCCC)OCCCC.CCCOB(OCCC)OCCC.CCOB(OCC)OCC.COB(OC)OC. The lowest BCUT2D eigenvalue weighted by Crippen LogP contribution is -2.36. The second-order valence-electron chi connectivity index (χ2n) is 23.2. The third-order valence-corrected chi connectivity index (χ3v) is 10.7. The van der Waals surface area contributed by atoms with Crippen LogP contribution < -0.4 is 0 Å². The monoisotopic (exact) mass is 1320 g/mol. The molecular weight excluding hydrogens is 1170 g/mol. The van der Waals surface area contributed by atoms with E-state index in [1.807, 2.05) is 83.1 Å². The average molecular weight is 1320 g/mol. The lowest BCUT2D eigenvalue weighted by atomic mass is 10.1. The van der Waals surface area contributed by atoms with E-state index < -0.39 is 51.2 Å². The summed E-state index contributed by atoms with van der Waals surface area (Å²) in [7, 11) is 1.06. The third-order valence-electron chi connectivity index (χ3n) is 10.7. The van der Waals surface area contributed by atoms with Gasteiger partial charge >= 0.3 is 51.2 Å². The molecule has 21 nitrogen and oxygen atoms in total. The predicted octanol–water partition coefficient (Wildman–Crippen LogP) is 15.3. The number of unbranched alkanes of at least 4 members (excludes halogenated alkanes) is 3. The summed E-state index contributed by atoms with van der Waals surface area (Å²) in [6.07, 6.45) is 13.3. The summed E-state index contributed by atoms with van der Waals surface area (Å²) in [5.74, 6) is 1.48. The van der Waals surface area contributed by atoms with Gasteiger partial charge in [-0.05, 0) is 159 Å². The zero-order valence-electron chi connectivity index (χ0n) is 64.8. The first-order valence-corrected chi connectivity index (χ1v) is 35.1. The molecule has 3 unspecified atom stereocenters. The Bertz CT molecular complexity index is 1160. The van der Waals surface area contributed by atoms with Crippen LogP contribution in [0.3, 0.4) is 0 Å². The van der Waals surface area contributed by atoms with Gasteiger partial charge in [0.25, 0.3) is 0 Å². The van der Waals surface area contributed by atoms with Crippen LogP contribution in [0.1, 0.15) is 264 Å². The largest absolute Gasteiger partial charge is 0.639 e. The van der Waals surface area contributed by atoms with Gasteiger partial charge in [-0.3, -0.25) is 0 Å². The maximum absolute atomic E-state index is 5.70. The van der Waals surface area contributed by atoms with Crippen molar-refractivity contribution in [1.29, 1.82) is 0 Å². The molecule has 0 spiro atoms. The molecule has 0 aromatic heterocycles. The van der Waals surface area contributed by atoms with Gasteiger partial charge in [-0.1, -0.05) is 123 Å². The van der Waals surface area contributed by atoms with Gasteiger partial charge in [0.15, 0.2) is 0 Å². The van der Waals surface area contributed by atoms with E-state index in [-0.39, 0.29) is 36.6 Å². The number of rotatable bonds is 54. The summed E-state index contributed by atoms with van der Waals surface area (Å²) in [6.45, 7) is 63.3.